The van der Waals surface area contributed by atoms with Crippen LogP contribution in [0.3, 0.4) is 0 Å². The molecule has 0 saturated carbocycles. The fourth-order valence-electron chi connectivity index (χ4n) is 3.76. The van der Waals surface area contributed by atoms with Crippen molar-refractivity contribution < 1.29 is 9.47 Å². The topological polar surface area (TPSA) is 30.5 Å². The Bertz CT molecular complexity index is 303. The molecular weight excluding hydrogens is 250 g/mol. The van der Waals surface area contributed by atoms with E-state index in [0.717, 1.165) is 51.7 Å². The van der Waals surface area contributed by atoms with E-state index < -0.39 is 0 Å². The van der Waals surface area contributed by atoms with Crippen LogP contribution in [0.1, 0.15) is 72.6 Å². The van der Waals surface area contributed by atoms with Gasteiger partial charge in [-0.3, -0.25) is 0 Å². The second kappa shape index (κ2) is 6.76. The molecule has 0 amide bonds. The number of rotatable bonds is 5. The van der Waals surface area contributed by atoms with Gasteiger partial charge >= 0.3 is 0 Å². The third kappa shape index (κ3) is 3.75. The molecule has 2 saturated heterocycles. The van der Waals surface area contributed by atoms with Crippen molar-refractivity contribution in [2.24, 2.45) is 0 Å². The Morgan fingerprint density at radius 1 is 0.900 bits per heavy atom. The Morgan fingerprint density at radius 3 is 2.10 bits per heavy atom. The fraction of sp³-hybridized carbons (Fsp3) is 1.00. The van der Waals surface area contributed by atoms with E-state index in [1.165, 1.54) is 6.42 Å². The highest BCUT2D eigenvalue weighted by atomic mass is 16.5. The van der Waals surface area contributed by atoms with E-state index in [-0.39, 0.29) is 11.2 Å². The van der Waals surface area contributed by atoms with Crippen LogP contribution in [0.4, 0.5) is 0 Å². The Balaban J connectivity index is 1.89. The lowest BCUT2D eigenvalue weighted by molar-refractivity contribution is -0.103. The van der Waals surface area contributed by atoms with Gasteiger partial charge in [-0.15, -0.1) is 0 Å². The summed E-state index contributed by atoms with van der Waals surface area (Å²) < 4.78 is 12.0. The molecule has 0 spiro atoms. The van der Waals surface area contributed by atoms with Crippen LogP contribution in [-0.2, 0) is 9.47 Å². The zero-order chi connectivity index (χ0) is 14.6. The molecule has 1 N–H and O–H groups in total. The maximum absolute atomic E-state index is 6.08. The Hall–Kier alpha value is -0.120. The van der Waals surface area contributed by atoms with Gasteiger partial charge in [0.2, 0.25) is 0 Å². The molecule has 0 bridgehead atoms. The van der Waals surface area contributed by atoms with Gasteiger partial charge in [-0.2, -0.15) is 0 Å². The molecule has 3 nitrogen and oxygen atoms in total. The zero-order valence-corrected chi connectivity index (χ0v) is 13.8. The summed E-state index contributed by atoms with van der Waals surface area (Å²) in [7, 11) is 0. The maximum Gasteiger partial charge on any atom is 0.0692 e. The zero-order valence-electron chi connectivity index (χ0n) is 13.8. The first-order valence-electron chi connectivity index (χ1n) is 8.59. The summed E-state index contributed by atoms with van der Waals surface area (Å²) in [4.78, 5) is 0. The minimum absolute atomic E-state index is 0.0771. The van der Waals surface area contributed by atoms with E-state index in [1.807, 2.05) is 0 Å². The lowest BCUT2D eigenvalue weighted by atomic mass is 9.84. The third-order valence-corrected chi connectivity index (χ3v) is 5.60. The summed E-state index contributed by atoms with van der Waals surface area (Å²) in [6, 6.07) is 1.23. The predicted octanol–water partition coefficient (Wildman–Crippen LogP) is 3.66. The van der Waals surface area contributed by atoms with E-state index in [9.17, 15) is 0 Å². The molecule has 20 heavy (non-hydrogen) atoms. The highest BCUT2D eigenvalue weighted by Gasteiger charge is 2.37. The van der Waals surface area contributed by atoms with Crippen LogP contribution in [0.5, 0.6) is 0 Å². The summed E-state index contributed by atoms with van der Waals surface area (Å²) in [5, 5.41) is 3.91. The average molecular weight is 283 g/mol. The van der Waals surface area contributed by atoms with Crippen LogP contribution in [0.25, 0.3) is 0 Å². The molecule has 0 radical (unpaired) electrons. The van der Waals surface area contributed by atoms with Crippen LogP contribution >= 0.6 is 0 Å². The van der Waals surface area contributed by atoms with Crippen LogP contribution in [-0.4, -0.2) is 36.5 Å². The lowest BCUT2D eigenvalue weighted by Crippen LogP contribution is -2.52. The van der Waals surface area contributed by atoms with Gasteiger partial charge in [0.25, 0.3) is 0 Å². The smallest absolute Gasteiger partial charge is 0.0692 e. The second-order valence-corrected chi connectivity index (χ2v) is 6.94. The molecule has 3 atom stereocenters. The molecule has 0 aromatic rings. The molecule has 118 valence electrons. The first kappa shape index (κ1) is 16.3. The molecule has 2 fully saturated rings. The van der Waals surface area contributed by atoms with E-state index in [4.69, 9.17) is 9.47 Å². The van der Waals surface area contributed by atoms with Crippen molar-refractivity contribution >= 4 is 0 Å². The Labute approximate surface area is 124 Å². The maximum atomic E-state index is 6.08. The molecule has 2 aliphatic heterocycles. The van der Waals surface area contributed by atoms with E-state index in [0.29, 0.717) is 12.1 Å². The van der Waals surface area contributed by atoms with E-state index in [2.05, 4.69) is 33.0 Å². The van der Waals surface area contributed by atoms with Gasteiger partial charge < -0.3 is 14.8 Å². The third-order valence-electron chi connectivity index (χ3n) is 5.60. The van der Waals surface area contributed by atoms with Crippen LogP contribution in [0, 0.1) is 0 Å². The normalized spacial score (nSPS) is 37.8. The van der Waals surface area contributed by atoms with Crippen molar-refractivity contribution in [2.75, 3.05) is 13.2 Å². The molecular formula is C17H33NO2. The van der Waals surface area contributed by atoms with Crippen molar-refractivity contribution in [3.05, 3.63) is 0 Å². The van der Waals surface area contributed by atoms with Crippen molar-refractivity contribution in [3.8, 4) is 0 Å². The number of hydrogen-bond donors (Lipinski definition) is 1. The monoisotopic (exact) mass is 283 g/mol. The number of hydrogen-bond acceptors (Lipinski definition) is 3. The SMILES string of the molecule is CCC1(C)CC(NC2CCOC(CC)(CC)C2)CCO1. The highest BCUT2D eigenvalue weighted by molar-refractivity contribution is 4.92. The number of nitrogens with one attached hydrogen (secondary N) is 1. The summed E-state index contributed by atoms with van der Waals surface area (Å²) in [6.45, 7) is 10.8. The molecule has 2 aliphatic rings. The first-order chi connectivity index (χ1) is 9.55. The van der Waals surface area contributed by atoms with E-state index in [1.54, 1.807) is 0 Å². The Morgan fingerprint density at radius 2 is 1.50 bits per heavy atom. The van der Waals surface area contributed by atoms with Crippen LogP contribution in [0.15, 0.2) is 0 Å². The van der Waals surface area contributed by atoms with Gasteiger partial charge in [-0.25, -0.2) is 0 Å². The predicted molar refractivity (Wildman–Crippen MR) is 83.1 cm³/mol. The molecule has 2 heterocycles. The summed E-state index contributed by atoms with van der Waals surface area (Å²) in [5.74, 6) is 0. The van der Waals surface area contributed by atoms with Gasteiger partial charge in [-0.1, -0.05) is 20.8 Å². The second-order valence-electron chi connectivity index (χ2n) is 6.94. The first-order valence-corrected chi connectivity index (χ1v) is 8.59. The van der Waals surface area contributed by atoms with Crippen molar-refractivity contribution in [3.63, 3.8) is 0 Å². The van der Waals surface area contributed by atoms with Gasteiger partial charge in [0.1, 0.15) is 0 Å². The molecule has 0 aromatic carbocycles. The van der Waals surface area contributed by atoms with Gasteiger partial charge in [0.15, 0.2) is 0 Å². The van der Waals surface area contributed by atoms with Gasteiger partial charge in [0.05, 0.1) is 11.2 Å². The van der Waals surface area contributed by atoms with Crippen molar-refractivity contribution in [1.82, 2.24) is 5.32 Å². The minimum atomic E-state index is 0.0771. The van der Waals surface area contributed by atoms with E-state index >= 15 is 0 Å². The highest BCUT2D eigenvalue weighted by Crippen LogP contribution is 2.33. The minimum Gasteiger partial charge on any atom is -0.375 e. The van der Waals surface area contributed by atoms with Crippen molar-refractivity contribution in [2.45, 2.75) is 95.9 Å². The average Bonchev–Trinajstić information content (AvgIpc) is 2.47. The molecule has 3 heteroatoms. The molecule has 3 unspecified atom stereocenters. The van der Waals surface area contributed by atoms with Crippen LogP contribution < -0.4 is 5.32 Å². The lowest BCUT2D eigenvalue weighted by Gasteiger charge is -2.44. The fourth-order valence-corrected chi connectivity index (χ4v) is 3.76. The molecule has 0 aliphatic carbocycles. The summed E-state index contributed by atoms with van der Waals surface area (Å²) >= 11 is 0. The quantitative estimate of drug-likeness (QED) is 0.835. The largest absolute Gasteiger partial charge is 0.375 e. The summed E-state index contributed by atoms with van der Waals surface area (Å²) in [6.07, 6.45) is 7.98. The van der Waals surface area contributed by atoms with Gasteiger partial charge in [0, 0.05) is 25.3 Å². The Kier molecular flexibility index (Phi) is 5.49. The number of ether oxygens (including phenoxy) is 2. The summed E-state index contributed by atoms with van der Waals surface area (Å²) in [5.41, 5.74) is 0.197. The van der Waals surface area contributed by atoms with Crippen molar-refractivity contribution in [1.29, 1.82) is 0 Å². The molecule has 2 rings (SSSR count). The molecule has 0 aromatic heterocycles. The van der Waals surface area contributed by atoms with Crippen LogP contribution in [0.2, 0.25) is 0 Å². The standard InChI is InChI=1S/C17H33NO2/c1-5-16(4)12-14(8-10-19-16)18-15-9-11-20-17(6-2,7-3)13-15/h14-15,18H,5-13H2,1-4H3. The van der Waals surface area contributed by atoms with Gasteiger partial charge in [-0.05, 0) is 51.9 Å².